The molecule has 0 aliphatic rings. The number of amides is 1. The zero-order valence-electron chi connectivity index (χ0n) is 15.5. The smallest absolute Gasteiger partial charge is 0.251 e. The summed E-state index contributed by atoms with van der Waals surface area (Å²) in [5, 5.41) is 5.88. The Hall–Kier alpha value is -1.93. The first-order chi connectivity index (χ1) is 12.4. The van der Waals surface area contributed by atoms with Gasteiger partial charge >= 0.3 is 0 Å². The SMILES string of the molecule is CCNCCNC(=O)c1ccc(C)c(S(=O)(=O)NCc2ccccc2)c1.Cl. The van der Waals surface area contributed by atoms with Crippen LogP contribution in [0.1, 0.15) is 28.4 Å². The fourth-order valence-electron chi connectivity index (χ4n) is 2.43. The summed E-state index contributed by atoms with van der Waals surface area (Å²) in [4.78, 5) is 12.3. The minimum absolute atomic E-state index is 0. The first kappa shape index (κ1) is 23.1. The van der Waals surface area contributed by atoms with Crippen molar-refractivity contribution in [3.63, 3.8) is 0 Å². The number of benzene rings is 2. The van der Waals surface area contributed by atoms with Gasteiger partial charge in [-0.2, -0.15) is 0 Å². The number of carbonyl (C=O) groups excluding carboxylic acids is 1. The van der Waals surface area contributed by atoms with Crippen LogP contribution in [0.4, 0.5) is 0 Å². The molecule has 0 aliphatic carbocycles. The topological polar surface area (TPSA) is 87.3 Å². The number of nitrogens with one attached hydrogen (secondary N) is 3. The maximum atomic E-state index is 12.6. The number of sulfonamides is 1. The van der Waals surface area contributed by atoms with Crippen LogP contribution < -0.4 is 15.4 Å². The van der Waals surface area contributed by atoms with Crippen molar-refractivity contribution in [1.82, 2.24) is 15.4 Å². The van der Waals surface area contributed by atoms with Crippen LogP contribution in [0.3, 0.4) is 0 Å². The lowest BCUT2D eigenvalue weighted by molar-refractivity contribution is 0.0953. The lowest BCUT2D eigenvalue weighted by atomic mass is 10.1. The van der Waals surface area contributed by atoms with E-state index >= 15 is 0 Å². The predicted octanol–water partition coefficient (Wildman–Crippen LogP) is 2.23. The highest BCUT2D eigenvalue weighted by molar-refractivity contribution is 7.89. The molecule has 0 spiro atoms. The van der Waals surface area contributed by atoms with Crippen molar-refractivity contribution in [2.75, 3.05) is 19.6 Å². The molecular formula is C19H26ClN3O3S. The molecule has 0 fully saturated rings. The van der Waals surface area contributed by atoms with Crippen molar-refractivity contribution in [3.05, 3.63) is 65.2 Å². The van der Waals surface area contributed by atoms with Gasteiger partial charge in [0.05, 0.1) is 4.90 Å². The number of aryl methyl sites for hydroxylation is 1. The van der Waals surface area contributed by atoms with Crippen molar-refractivity contribution in [3.8, 4) is 0 Å². The van der Waals surface area contributed by atoms with E-state index in [2.05, 4.69) is 15.4 Å². The third kappa shape index (κ3) is 6.95. The van der Waals surface area contributed by atoms with Gasteiger partial charge in [-0.1, -0.05) is 43.3 Å². The van der Waals surface area contributed by atoms with Gasteiger partial charge in [-0.25, -0.2) is 13.1 Å². The van der Waals surface area contributed by atoms with Crippen LogP contribution in [-0.4, -0.2) is 34.0 Å². The lowest BCUT2D eigenvalue weighted by Gasteiger charge is -2.12. The molecule has 0 atom stereocenters. The van der Waals surface area contributed by atoms with Gasteiger partial charge in [-0.15, -0.1) is 12.4 Å². The van der Waals surface area contributed by atoms with E-state index < -0.39 is 10.0 Å². The number of rotatable bonds is 9. The molecular weight excluding hydrogens is 386 g/mol. The molecule has 0 aliphatic heterocycles. The molecule has 0 heterocycles. The summed E-state index contributed by atoms with van der Waals surface area (Å²) in [5.74, 6) is -0.289. The van der Waals surface area contributed by atoms with E-state index in [1.165, 1.54) is 6.07 Å². The fraction of sp³-hybridized carbons (Fsp3) is 0.316. The van der Waals surface area contributed by atoms with Crippen LogP contribution in [0.5, 0.6) is 0 Å². The zero-order valence-corrected chi connectivity index (χ0v) is 17.1. The normalized spacial score (nSPS) is 10.9. The molecule has 6 nitrogen and oxygen atoms in total. The van der Waals surface area contributed by atoms with E-state index in [1.807, 2.05) is 37.3 Å². The van der Waals surface area contributed by atoms with Crippen LogP contribution in [-0.2, 0) is 16.6 Å². The number of hydrogen-bond donors (Lipinski definition) is 3. The van der Waals surface area contributed by atoms with Crippen LogP contribution in [0.25, 0.3) is 0 Å². The van der Waals surface area contributed by atoms with Crippen LogP contribution >= 0.6 is 12.4 Å². The summed E-state index contributed by atoms with van der Waals surface area (Å²) in [7, 11) is -3.72. The van der Waals surface area contributed by atoms with E-state index in [0.29, 0.717) is 24.2 Å². The maximum Gasteiger partial charge on any atom is 0.251 e. The van der Waals surface area contributed by atoms with Crippen LogP contribution in [0, 0.1) is 6.92 Å². The van der Waals surface area contributed by atoms with Gasteiger partial charge in [0.25, 0.3) is 5.91 Å². The summed E-state index contributed by atoms with van der Waals surface area (Å²) in [6.07, 6.45) is 0. The number of halogens is 1. The molecule has 2 aromatic carbocycles. The molecule has 0 bridgehead atoms. The Bertz CT molecular complexity index is 843. The summed E-state index contributed by atoms with van der Waals surface area (Å²) >= 11 is 0. The molecule has 0 saturated heterocycles. The molecule has 8 heteroatoms. The zero-order chi connectivity index (χ0) is 19.0. The third-order valence-corrected chi connectivity index (χ3v) is 5.43. The molecule has 0 unspecified atom stereocenters. The number of hydrogen-bond acceptors (Lipinski definition) is 4. The minimum Gasteiger partial charge on any atom is -0.351 e. The molecule has 2 aromatic rings. The summed E-state index contributed by atoms with van der Waals surface area (Å²) in [6.45, 7) is 5.87. The standard InChI is InChI=1S/C19H25N3O3S.ClH/c1-3-20-11-12-21-19(23)17-10-9-15(2)18(13-17)26(24,25)22-14-16-7-5-4-6-8-16;/h4-10,13,20,22H,3,11-12,14H2,1-2H3,(H,21,23);1H. The van der Waals surface area contributed by atoms with E-state index in [-0.39, 0.29) is 29.8 Å². The highest BCUT2D eigenvalue weighted by Gasteiger charge is 2.19. The predicted molar refractivity (Wildman–Crippen MR) is 110 cm³/mol. The lowest BCUT2D eigenvalue weighted by Crippen LogP contribution is -2.32. The van der Waals surface area contributed by atoms with Crippen molar-refractivity contribution < 1.29 is 13.2 Å². The highest BCUT2D eigenvalue weighted by Crippen LogP contribution is 2.17. The second-order valence-corrected chi connectivity index (χ2v) is 7.64. The average molecular weight is 412 g/mol. The van der Waals surface area contributed by atoms with Gasteiger partial charge in [0.15, 0.2) is 0 Å². The first-order valence-corrected chi connectivity index (χ1v) is 10.1. The van der Waals surface area contributed by atoms with Crippen molar-refractivity contribution >= 4 is 28.3 Å². The van der Waals surface area contributed by atoms with Crippen molar-refractivity contribution in [1.29, 1.82) is 0 Å². The second kappa shape index (κ2) is 11.0. The Morgan fingerprint density at radius 2 is 1.74 bits per heavy atom. The van der Waals surface area contributed by atoms with Gasteiger partial charge in [0.2, 0.25) is 10.0 Å². The molecule has 3 N–H and O–H groups in total. The molecule has 0 saturated carbocycles. The van der Waals surface area contributed by atoms with Gasteiger partial charge in [0, 0.05) is 25.2 Å². The summed E-state index contributed by atoms with van der Waals surface area (Å²) in [5.41, 5.74) is 1.79. The van der Waals surface area contributed by atoms with Crippen LogP contribution in [0.2, 0.25) is 0 Å². The summed E-state index contributed by atoms with van der Waals surface area (Å²) in [6, 6.07) is 14.0. The third-order valence-electron chi connectivity index (χ3n) is 3.89. The van der Waals surface area contributed by atoms with Crippen molar-refractivity contribution in [2.45, 2.75) is 25.3 Å². The van der Waals surface area contributed by atoms with Gasteiger partial charge in [0.1, 0.15) is 0 Å². The molecule has 2 rings (SSSR count). The van der Waals surface area contributed by atoms with E-state index in [1.54, 1.807) is 19.1 Å². The molecule has 0 aromatic heterocycles. The fourth-order valence-corrected chi connectivity index (χ4v) is 3.71. The van der Waals surface area contributed by atoms with Gasteiger partial charge in [-0.3, -0.25) is 4.79 Å². The van der Waals surface area contributed by atoms with E-state index in [0.717, 1.165) is 12.1 Å². The summed E-state index contributed by atoms with van der Waals surface area (Å²) < 4.78 is 27.9. The minimum atomic E-state index is -3.72. The monoisotopic (exact) mass is 411 g/mol. The molecule has 0 radical (unpaired) electrons. The van der Waals surface area contributed by atoms with Gasteiger partial charge in [-0.05, 0) is 36.7 Å². The Balaban J connectivity index is 0.00000364. The van der Waals surface area contributed by atoms with E-state index in [4.69, 9.17) is 0 Å². The largest absolute Gasteiger partial charge is 0.351 e. The van der Waals surface area contributed by atoms with E-state index in [9.17, 15) is 13.2 Å². The quantitative estimate of drug-likeness (QED) is 0.552. The molecule has 1 amide bonds. The Labute approximate surface area is 167 Å². The Kier molecular flexibility index (Phi) is 9.45. The average Bonchev–Trinajstić information content (AvgIpc) is 2.64. The Morgan fingerprint density at radius 3 is 2.41 bits per heavy atom. The second-order valence-electron chi connectivity index (χ2n) is 5.90. The molecule has 148 valence electrons. The number of carbonyl (C=O) groups is 1. The maximum absolute atomic E-state index is 12.6. The van der Waals surface area contributed by atoms with Crippen molar-refractivity contribution in [2.24, 2.45) is 0 Å². The number of likely N-dealkylation sites (N-methyl/N-ethyl adjacent to an activating group) is 1. The van der Waals surface area contributed by atoms with Gasteiger partial charge < -0.3 is 10.6 Å². The molecule has 27 heavy (non-hydrogen) atoms. The Morgan fingerprint density at radius 1 is 1.04 bits per heavy atom. The highest BCUT2D eigenvalue weighted by atomic mass is 35.5. The van der Waals surface area contributed by atoms with Crippen LogP contribution in [0.15, 0.2) is 53.4 Å². The first-order valence-electron chi connectivity index (χ1n) is 8.57.